The first-order valence-corrected chi connectivity index (χ1v) is 6.10. The van der Waals surface area contributed by atoms with Crippen molar-refractivity contribution in [3.8, 4) is 0 Å². The highest BCUT2D eigenvalue weighted by Gasteiger charge is 2.14. The van der Waals surface area contributed by atoms with E-state index in [1.807, 2.05) is 20.2 Å². The van der Waals surface area contributed by atoms with Gasteiger partial charge in [0.15, 0.2) is 0 Å². The molecule has 1 heterocycles. The van der Waals surface area contributed by atoms with Gasteiger partial charge in [-0.3, -0.25) is 14.8 Å². The van der Waals surface area contributed by atoms with E-state index in [2.05, 4.69) is 10.4 Å². The third-order valence-electron chi connectivity index (χ3n) is 2.98. The van der Waals surface area contributed by atoms with Crippen LogP contribution in [0.4, 0.5) is 10.1 Å². The van der Waals surface area contributed by atoms with Crippen LogP contribution in [-0.4, -0.2) is 14.7 Å². The zero-order valence-corrected chi connectivity index (χ0v) is 11.3. The molecule has 0 unspecified atom stereocenters. The first kappa shape index (κ1) is 14.1. The molecule has 7 heteroatoms. The number of nitro groups is 1. The number of hydrogen-bond acceptors (Lipinski definition) is 4. The molecule has 0 aliphatic rings. The summed E-state index contributed by atoms with van der Waals surface area (Å²) in [6.45, 7) is 2.64. The third-order valence-corrected chi connectivity index (χ3v) is 2.98. The summed E-state index contributed by atoms with van der Waals surface area (Å²) in [5.41, 5.74) is 2.15. The quantitative estimate of drug-likeness (QED) is 0.671. The molecule has 2 rings (SSSR count). The maximum Gasteiger partial charge on any atom is 0.274 e. The van der Waals surface area contributed by atoms with Gasteiger partial charge in [0, 0.05) is 43.5 Å². The average molecular weight is 278 g/mol. The molecular formula is C13H15FN4O2. The van der Waals surface area contributed by atoms with Crippen LogP contribution >= 0.6 is 0 Å². The Morgan fingerprint density at radius 1 is 1.40 bits per heavy atom. The lowest BCUT2D eigenvalue weighted by Gasteiger charge is -2.05. The van der Waals surface area contributed by atoms with Crippen molar-refractivity contribution >= 4 is 5.69 Å². The summed E-state index contributed by atoms with van der Waals surface area (Å²) >= 11 is 0. The monoisotopic (exact) mass is 278 g/mol. The van der Waals surface area contributed by atoms with Gasteiger partial charge in [0.25, 0.3) is 5.69 Å². The van der Waals surface area contributed by atoms with Crippen LogP contribution < -0.4 is 5.32 Å². The molecule has 106 valence electrons. The molecular weight excluding hydrogens is 263 g/mol. The lowest BCUT2D eigenvalue weighted by Crippen LogP contribution is -2.14. The number of nitrogens with zero attached hydrogens (tertiary/aromatic N) is 3. The summed E-state index contributed by atoms with van der Waals surface area (Å²) in [6, 6.07) is 3.45. The van der Waals surface area contributed by atoms with E-state index in [0.717, 1.165) is 17.3 Å². The fourth-order valence-corrected chi connectivity index (χ4v) is 2.03. The van der Waals surface area contributed by atoms with E-state index in [1.54, 1.807) is 4.68 Å². The number of nitro benzene ring substituents is 1. The Balaban J connectivity index is 2.05. The van der Waals surface area contributed by atoms with Gasteiger partial charge in [-0.25, -0.2) is 4.39 Å². The van der Waals surface area contributed by atoms with Gasteiger partial charge in [-0.15, -0.1) is 0 Å². The van der Waals surface area contributed by atoms with Crippen molar-refractivity contribution in [1.82, 2.24) is 15.1 Å². The largest absolute Gasteiger partial charge is 0.308 e. The molecule has 20 heavy (non-hydrogen) atoms. The number of nitrogens with one attached hydrogen (secondary N) is 1. The molecule has 0 bridgehead atoms. The van der Waals surface area contributed by atoms with Gasteiger partial charge in [0.05, 0.1) is 10.6 Å². The van der Waals surface area contributed by atoms with Gasteiger partial charge in [-0.1, -0.05) is 0 Å². The maximum atomic E-state index is 13.2. The first-order valence-electron chi connectivity index (χ1n) is 6.10. The molecule has 0 spiro atoms. The second kappa shape index (κ2) is 5.79. The van der Waals surface area contributed by atoms with Crippen LogP contribution in [0.2, 0.25) is 0 Å². The van der Waals surface area contributed by atoms with Crippen LogP contribution in [0.1, 0.15) is 16.8 Å². The third kappa shape index (κ3) is 3.18. The van der Waals surface area contributed by atoms with Gasteiger partial charge in [0.2, 0.25) is 0 Å². The zero-order valence-electron chi connectivity index (χ0n) is 11.3. The van der Waals surface area contributed by atoms with Crippen molar-refractivity contribution in [3.05, 3.63) is 57.1 Å². The van der Waals surface area contributed by atoms with E-state index < -0.39 is 10.7 Å². The highest BCUT2D eigenvalue weighted by Crippen LogP contribution is 2.19. The molecule has 1 N–H and O–H groups in total. The molecule has 0 radical (unpaired) electrons. The first-order chi connectivity index (χ1) is 9.47. The van der Waals surface area contributed by atoms with E-state index in [4.69, 9.17) is 0 Å². The van der Waals surface area contributed by atoms with Crippen LogP contribution in [0.15, 0.2) is 24.4 Å². The average Bonchev–Trinajstić information content (AvgIpc) is 2.67. The minimum absolute atomic E-state index is 0.0817. The Hall–Kier alpha value is -2.28. The van der Waals surface area contributed by atoms with Gasteiger partial charge >= 0.3 is 0 Å². The summed E-state index contributed by atoms with van der Waals surface area (Å²) in [6.07, 6.45) is 1.88. The minimum Gasteiger partial charge on any atom is -0.308 e. The van der Waals surface area contributed by atoms with E-state index in [1.165, 1.54) is 12.1 Å². The molecule has 0 fully saturated rings. The summed E-state index contributed by atoms with van der Waals surface area (Å²) in [5, 5.41) is 18.1. The molecule has 0 aliphatic carbocycles. The van der Waals surface area contributed by atoms with E-state index >= 15 is 0 Å². The minimum atomic E-state index is -0.508. The number of hydrogen-bond donors (Lipinski definition) is 1. The molecule has 0 saturated heterocycles. The number of aryl methyl sites for hydroxylation is 2. The lowest BCUT2D eigenvalue weighted by molar-refractivity contribution is -0.385. The van der Waals surface area contributed by atoms with Gasteiger partial charge in [-0.2, -0.15) is 5.10 Å². The van der Waals surface area contributed by atoms with Gasteiger partial charge in [0.1, 0.15) is 5.82 Å². The van der Waals surface area contributed by atoms with E-state index in [0.29, 0.717) is 12.1 Å². The highest BCUT2D eigenvalue weighted by atomic mass is 19.1. The highest BCUT2D eigenvalue weighted by molar-refractivity contribution is 5.40. The van der Waals surface area contributed by atoms with E-state index in [-0.39, 0.29) is 12.2 Å². The summed E-state index contributed by atoms with van der Waals surface area (Å²) in [4.78, 5) is 10.4. The molecule has 0 amide bonds. The Bertz CT molecular complexity index is 639. The maximum absolute atomic E-state index is 13.2. The van der Waals surface area contributed by atoms with Crippen molar-refractivity contribution in [1.29, 1.82) is 0 Å². The van der Waals surface area contributed by atoms with Crippen LogP contribution in [0.3, 0.4) is 0 Å². The Labute approximate surface area is 115 Å². The normalized spacial score (nSPS) is 10.8. The second-order valence-electron chi connectivity index (χ2n) is 4.55. The SMILES string of the molecule is Cc1nn(C)cc1CNCc1cc(F)ccc1[N+](=O)[O-]. The number of aromatic nitrogens is 2. The molecule has 0 aliphatic heterocycles. The van der Waals surface area contributed by atoms with Crippen LogP contribution in [0, 0.1) is 22.9 Å². The molecule has 1 aromatic carbocycles. The number of benzene rings is 1. The van der Waals surface area contributed by atoms with Crippen LogP contribution in [0.25, 0.3) is 0 Å². The standard InChI is InChI=1S/C13H15FN4O2/c1-9-11(8-17(2)16-9)7-15-6-10-5-12(14)3-4-13(10)18(19)20/h3-5,8,15H,6-7H2,1-2H3. The Kier molecular flexibility index (Phi) is 4.09. The Morgan fingerprint density at radius 2 is 2.10 bits per heavy atom. The summed E-state index contributed by atoms with van der Waals surface area (Å²) in [7, 11) is 1.83. The smallest absolute Gasteiger partial charge is 0.274 e. The molecule has 1 aromatic heterocycles. The molecule has 6 nitrogen and oxygen atoms in total. The number of rotatable bonds is 5. The predicted molar refractivity (Wildman–Crippen MR) is 71.5 cm³/mol. The topological polar surface area (TPSA) is 73.0 Å². The molecule has 2 aromatic rings. The van der Waals surface area contributed by atoms with Crippen molar-refractivity contribution in [2.75, 3.05) is 0 Å². The van der Waals surface area contributed by atoms with E-state index in [9.17, 15) is 14.5 Å². The van der Waals surface area contributed by atoms with Crippen LogP contribution in [0.5, 0.6) is 0 Å². The lowest BCUT2D eigenvalue weighted by atomic mass is 10.1. The second-order valence-corrected chi connectivity index (χ2v) is 4.55. The summed E-state index contributed by atoms with van der Waals surface area (Å²) in [5.74, 6) is -0.482. The van der Waals surface area contributed by atoms with Gasteiger partial charge < -0.3 is 5.32 Å². The predicted octanol–water partition coefficient (Wildman–Crippen LogP) is 2.07. The van der Waals surface area contributed by atoms with Gasteiger partial charge in [-0.05, 0) is 19.1 Å². The summed E-state index contributed by atoms with van der Waals surface area (Å²) < 4.78 is 14.9. The van der Waals surface area contributed by atoms with Crippen LogP contribution in [-0.2, 0) is 20.1 Å². The molecule has 0 atom stereocenters. The fraction of sp³-hybridized carbons (Fsp3) is 0.308. The Morgan fingerprint density at radius 3 is 2.70 bits per heavy atom. The van der Waals surface area contributed by atoms with Crippen molar-refractivity contribution < 1.29 is 9.31 Å². The van der Waals surface area contributed by atoms with Crippen molar-refractivity contribution in [3.63, 3.8) is 0 Å². The number of halogens is 1. The molecule has 0 saturated carbocycles. The van der Waals surface area contributed by atoms with Crippen molar-refractivity contribution in [2.45, 2.75) is 20.0 Å². The fourth-order valence-electron chi connectivity index (χ4n) is 2.03. The zero-order chi connectivity index (χ0) is 14.7. The van der Waals surface area contributed by atoms with Crippen molar-refractivity contribution in [2.24, 2.45) is 7.05 Å².